The van der Waals surface area contributed by atoms with Gasteiger partial charge in [0.2, 0.25) is 10.0 Å². The van der Waals surface area contributed by atoms with E-state index in [1.807, 2.05) is 17.0 Å². The van der Waals surface area contributed by atoms with Crippen LogP contribution in [0.5, 0.6) is 0 Å². The van der Waals surface area contributed by atoms with E-state index in [0.717, 1.165) is 5.56 Å². The highest BCUT2D eigenvalue weighted by Gasteiger charge is 2.26. The molecule has 2 aromatic carbocycles. The van der Waals surface area contributed by atoms with Crippen molar-refractivity contribution in [2.45, 2.75) is 11.0 Å². The number of sulfonamides is 1. The fourth-order valence-electron chi connectivity index (χ4n) is 2.99. The molecule has 0 amide bonds. The summed E-state index contributed by atoms with van der Waals surface area (Å²) in [6, 6.07) is 11.5. The summed E-state index contributed by atoms with van der Waals surface area (Å²) in [4.78, 5) is 14.0. The van der Waals surface area contributed by atoms with Crippen molar-refractivity contribution >= 4 is 33.3 Å². The molecule has 1 saturated heterocycles. The number of nitrogens with zero attached hydrogens (tertiary/aromatic N) is 1. The van der Waals surface area contributed by atoms with Gasteiger partial charge in [-0.3, -0.25) is 0 Å². The average Bonchev–Trinajstić information content (AvgIpc) is 2.67. The second-order valence-corrected chi connectivity index (χ2v) is 8.07. The number of halogens is 1. The van der Waals surface area contributed by atoms with Crippen molar-refractivity contribution < 1.29 is 22.7 Å². The van der Waals surface area contributed by atoms with E-state index in [-0.39, 0.29) is 16.6 Å². The van der Waals surface area contributed by atoms with Gasteiger partial charge in [-0.05, 0) is 35.9 Å². The van der Waals surface area contributed by atoms with Crippen LogP contribution in [0, 0.1) is 0 Å². The first-order valence-corrected chi connectivity index (χ1v) is 10.1. The number of benzene rings is 2. The largest absolute Gasteiger partial charge is 0.465 e. The third kappa shape index (κ3) is 4.41. The molecule has 1 heterocycles. The average molecular weight is 411 g/mol. The maximum atomic E-state index is 12.2. The number of anilines is 1. The second-order valence-electron chi connectivity index (χ2n) is 6.07. The van der Waals surface area contributed by atoms with Crippen molar-refractivity contribution in [3.63, 3.8) is 0 Å². The molecule has 0 unspecified atom stereocenters. The molecule has 27 heavy (non-hydrogen) atoms. The van der Waals surface area contributed by atoms with E-state index in [1.54, 1.807) is 18.2 Å². The van der Waals surface area contributed by atoms with Crippen LogP contribution < -0.4 is 10.0 Å². The third-order valence-electron chi connectivity index (χ3n) is 4.35. The number of carbonyl (C=O) groups excluding carboxylic acids is 1. The number of rotatable bonds is 4. The van der Waals surface area contributed by atoms with Crippen molar-refractivity contribution in [2.75, 3.05) is 31.7 Å². The van der Waals surface area contributed by atoms with E-state index >= 15 is 0 Å². The molecule has 1 aliphatic heterocycles. The van der Waals surface area contributed by atoms with Crippen LogP contribution in [0.3, 0.4) is 0 Å². The summed E-state index contributed by atoms with van der Waals surface area (Å²) < 4.78 is 33.9. The fourth-order valence-corrected chi connectivity index (χ4v) is 3.65. The summed E-state index contributed by atoms with van der Waals surface area (Å²) in [7, 11) is -2.69. The minimum absolute atomic E-state index is 0.140. The summed E-state index contributed by atoms with van der Waals surface area (Å²) in [5.41, 5.74) is 1.67. The SMILES string of the molecule is COC(=O)c1cc(S(N)(=O)=O)ccc1N1CCO[C@@H](c2ccc(Cl)cc2)C1. The van der Waals surface area contributed by atoms with Crippen LogP contribution in [0.15, 0.2) is 47.4 Å². The standard InChI is InChI=1S/C18H19ClN2O5S/c1-25-18(22)15-10-14(27(20,23)24)6-7-16(15)21-8-9-26-17(11-21)12-2-4-13(19)5-3-12/h2-7,10,17H,8-9,11H2,1H3,(H2,20,23,24)/t17-/m1/s1. The highest BCUT2D eigenvalue weighted by Crippen LogP contribution is 2.30. The van der Waals surface area contributed by atoms with Gasteiger partial charge in [-0.15, -0.1) is 0 Å². The lowest BCUT2D eigenvalue weighted by molar-refractivity contribution is 0.0394. The summed E-state index contributed by atoms with van der Waals surface area (Å²) >= 11 is 5.94. The van der Waals surface area contributed by atoms with Crippen molar-refractivity contribution in [2.24, 2.45) is 5.14 Å². The summed E-state index contributed by atoms with van der Waals surface area (Å²) in [5.74, 6) is -0.634. The molecule has 0 radical (unpaired) electrons. The molecule has 9 heteroatoms. The van der Waals surface area contributed by atoms with Gasteiger partial charge in [-0.25, -0.2) is 18.4 Å². The van der Waals surface area contributed by atoms with E-state index in [4.69, 9.17) is 26.2 Å². The van der Waals surface area contributed by atoms with Gasteiger partial charge in [0.15, 0.2) is 0 Å². The smallest absolute Gasteiger partial charge is 0.340 e. The first-order valence-electron chi connectivity index (χ1n) is 8.17. The highest BCUT2D eigenvalue weighted by atomic mass is 35.5. The lowest BCUT2D eigenvalue weighted by Gasteiger charge is -2.35. The van der Waals surface area contributed by atoms with Crippen molar-refractivity contribution in [3.05, 3.63) is 58.6 Å². The van der Waals surface area contributed by atoms with Gasteiger partial charge in [0, 0.05) is 18.1 Å². The number of esters is 1. The maximum Gasteiger partial charge on any atom is 0.340 e. The molecule has 0 aromatic heterocycles. The zero-order valence-corrected chi connectivity index (χ0v) is 16.2. The van der Waals surface area contributed by atoms with E-state index < -0.39 is 16.0 Å². The number of nitrogens with two attached hydrogens (primary N) is 1. The Balaban J connectivity index is 1.94. The highest BCUT2D eigenvalue weighted by molar-refractivity contribution is 7.89. The van der Waals surface area contributed by atoms with Gasteiger partial charge < -0.3 is 14.4 Å². The van der Waals surface area contributed by atoms with Crippen LogP contribution in [0.25, 0.3) is 0 Å². The van der Waals surface area contributed by atoms with Gasteiger partial charge >= 0.3 is 5.97 Å². The van der Waals surface area contributed by atoms with Crippen LogP contribution in [-0.4, -0.2) is 41.2 Å². The molecule has 0 bridgehead atoms. The molecule has 2 N–H and O–H groups in total. The number of methoxy groups -OCH3 is 1. The molecule has 0 saturated carbocycles. The quantitative estimate of drug-likeness (QED) is 0.777. The number of ether oxygens (including phenoxy) is 2. The number of hydrogen-bond acceptors (Lipinski definition) is 6. The van der Waals surface area contributed by atoms with Gasteiger partial charge in [-0.1, -0.05) is 23.7 Å². The molecule has 144 valence electrons. The zero-order chi connectivity index (χ0) is 19.6. The Labute approximate surface area is 162 Å². The van der Waals surface area contributed by atoms with Crippen molar-refractivity contribution in [1.29, 1.82) is 0 Å². The molecule has 1 fully saturated rings. The molecular formula is C18H19ClN2O5S. The number of carbonyl (C=O) groups is 1. The van der Waals surface area contributed by atoms with E-state index in [9.17, 15) is 13.2 Å². The second kappa shape index (κ2) is 7.85. The molecule has 7 nitrogen and oxygen atoms in total. The van der Waals surface area contributed by atoms with Gasteiger partial charge in [0.1, 0.15) is 6.10 Å². The monoisotopic (exact) mass is 410 g/mol. The van der Waals surface area contributed by atoms with Crippen LogP contribution in [0.1, 0.15) is 22.0 Å². The topological polar surface area (TPSA) is 98.9 Å². The first kappa shape index (κ1) is 19.6. The Morgan fingerprint density at radius 3 is 2.59 bits per heavy atom. The molecule has 0 aliphatic carbocycles. The lowest BCUT2D eigenvalue weighted by atomic mass is 10.1. The Kier molecular flexibility index (Phi) is 5.71. The van der Waals surface area contributed by atoms with Crippen LogP contribution >= 0.6 is 11.6 Å². The van der Waals surface area contributed by atoms with Crippen LogP contribution in [-0.2, 0) is 19.5 Å². The summed E-state index contributed by atoms with van der Waals surface area (Å²) in [6.07, 6.45) is -0.209. The van der Waals surface area contributed by atoms with Crippen molar-refractivity contribution in [1.82, 2.24) is 0 Å². The predicted molar refractivity (Wildman–Crippen MR) is 102 cm³/mol. The molecule has 1 aliphatic rings. The predicted octanol–water partition coefficient (Wildman–Crippen LogP) is 2.35. The molecule has 1 atom stereocenters. The van der Waals surface area contributed by atoms with Gasteiger partial charge in [-0.2, -0.15) is 0 Å². The normalized spacial score (nSPS) is 17.6. The van der Waals surface area contributed by atoms with E-state index in [1.165, 1.54) is 19.2 Å². The van der Waals surface area contributed by atoms with Crippen LogP contribution in [0.2, 0.25) is 5.02 Å². The zero-order valence-electron chi connectivity index (χ0n) is 14.6. The Morgan fingerprint density at radius 1 is 1.26 bits per heavy atom. The van der Waals surface area contributed by atoms with Crippen molar-refractivity contribution in [3.8, 4) is 0 Å². The number of morpholine rings is 1. The lowest BCUT2D eigenvalue weighted by Crippen LogP contribution is -2.39. The molecule has 2 aromatic rings. The minimum atomic E-state index is -3.94. The Bertz CT molecular complexity index is 947. The third-order valence-corrected chi connectivity index (χ3v) is 5.51. The van der Waals surface area contributed by atoms with E-state index in [0.29, 0.717) is 30.4 Å². The Morgan fingerprint density at radius 2 is 1.96 bits per heavy atom. The maximum absolute atomic E-state index is 12.2. The number of hydrogen-bond donors (Lipinski definition) is 1. The first-order chi connectivity index (χ1) is 12.8. The number of primary sulfonamides is 1. The van der Waals surface area contributed by atoms with Gasteiger partial charge in [0.25, 0.3) is 0 Å². The summed E-state index contributed by atoms with van der Waals surface area (Å²) in [6.45, 7) is 1.48. The minimum Gasteiger partial charge on any atom is -0.465 e. The molecule has 0 spiro atoms. The fraction of sp³-hybridized carbons (Fsp3) is 0.278. The molecule has 3 rings (SSSR count). The summed E-state index contributed by atoms with van der Waals surface area (Å²) in [5, 5.41) is 5.82. The molecular weight excluding hydrogens is 392 g/mol. The van der Waals surface area contributed by atoms with Crippen LogP contribution in [0.4, 0.5) is 5.69 Å². The Hall–Kier alpha value is -2.13. The van der Waals surface area contributed by atoms with E-state index in [2.05, 4.69) is 0 Å². The van der Waals surface area contributed by atoms with Gasteiger partial charge in [0.05, 0.1) is 29.9 Å².